The van der Waals surface area contributed by atoms with Gasteiger partial charge < -0.3 is 0 Å². The average Bonchev–Trinajstić information content (AvgIpc) is 2.06. The van der Waals surface area contributed by atoms with Crippen molar-refractivity contribution in [2.75, 3.05) is 0 Å². The molecule has 1 unspecified atom stereocenters. The van der Waals surface area contributed by atoms with Gasteiger partial charge in [-0.2, -0.15) is 0 Å². The lowest BCUT2D eigenvalue weighted by Crippen LogP contribution is -1.90. The van der Waals surface area contributed by atoms with Crippen LogP contribution in [0.1, 0.15) is 46.0 Å². The summed E-state index contributed by atoms with van der Waals surface area (Å²) in [7, 11) is 0. The molecule has 0 rings (SSSR count). The summed E-state index contributed by atoms with van der Waals surface area (Å²) < 4.78 is 0. The summed E-state index contributed by atoms with van der Waals surface area (Å²) >= 11 is 6.44. The quantitative estimate of drug-likeness (QED) is 0.508. The Kier molecular flexibility index (Phi) is 20.5. The van der Waals surface area contributed by atoms with E-state index in [1.54, 1.807) is 0 Å². The minimum Gasteiger partial charge on any atom is -0.280 e. The molecule has 0 saturated carbocycles. The van der Waals surface area contributed by atoms with Crippen LogP contribution in [0.4, 0.5) is 0 Å². The van der Waals surface area contributed by atoms with Gasteiger partial charge in [-0.05, 0) is 5.92 Å². The van der Waals surface area contributed by atoms with Gasteiger partial charge in [0.05, 0.1) is 0 Å². The van der Waals surface area contributed by atoms with Crippen LogP contribution in [-0.2, 0) is 0 Å². The van der Waals surface area contributed by atoms with Crippen LogP contribution in [0.25, 0.3) is 0 Å². The third kappa shape index (κ3) is 17.7. The number of hydrogen-bond acceptors (Lipinski definition) is 0. The molecule has 1 atom stereocenters. The Bertz CT molecular complexity index is 69.5. The highest BCUT2D eigenvalue weighted by atomic mass is 79.9. The second-order valence-electron chi connectivity index (χ2n) is 2.96. The lowest BCUT2D eigenvalue weighted by molar-refractivity contribution is 0.486. The van der Waals surface area contributed by atoms with E-state index in [0.717, 1.165) is 12.3 Å². The molecule has 0 saturated heterocycles. The zero-order valence-corrected chi connectivity index (χ0v) is 12.9. The van der Waals surface area contributed by atoms with Crippen molar-refractivity contribution in [1.82, 2.24) is 0 Å². The van der Waals surface area contributed by atoms with Crippen LogP contribution >= 0.6 is 25.8 Å². The molecule has 71 valence electrons. The van der Waals surface area contributed by atoms with Gasteiger partial charge in [0.1, 0.15) is 0 Å². The van der Waals surface area contributed by atoms with E-state index >= 15 is 0 Å². The van der Waals surface area contributed by atoms with Gasteiger partial charge in [-0.15, -0.1) is 0 Å². The van der Waals surface area contributed by atoms with E-state index in [1.165, 1.54) is 25.7 Å². The predicted molar refractivity (Wildman–Crippen MR) is 66.9 cm³/mol. The van der Waals surface area contributed by atoms with Gasteiger partial charge >= 0.3 is 16.0 Å². The van der Waals surface area contributed by atoms with Crippen LogP contribution in [0.3, 0.4) is 0 Å². The Hall–Kier alpha value is 1.73. The lowest BCUT2D eigenvalue weighted by Gasteiger charge is -2.05. The molecule has 0 aliphatic heterocycles. The molecule has 0 spiro atoms. The Balaban J connectivity index is 0. The third-order valence-corrected chi connectivity index (χ3v) is 1.89. The van der Waals surface area contributed by atoms with Gasteiger partial charge in [0.15, 0.2) is 0 Å². The fourth-order valence-electron chi connectivity index (χ4n) is 0.874. The lowest BCUT2D eigenvalue weighted by atomic mass is 10.0. The first kappa shape index (κ1) is 16.2. The zero-order valence-electron chi connectivity index (χ0n) is 8.28. The van der Waals surface area contributed by atoms with E-state index in [-0.39, 0.29) is 16.0 Å². The van der Waals surface area contributed by atoms with Gasteiger partial charge in [0, 0.05) is 0 Å². The van der Waals surface area contributed by atoms with E-state index in [0.29, 0.717) is 0 Å². The van der Waals surface area contributed by atoms with Gasteiger partial charge in [-0.3, -0.25) is 25.8 Å². The molecule has 0 N–H and O–H groups in total. The van der Waals surface area contributed by atoms with Crippen LogP contribution in [-0.4, -0.2) is 16.0 Å². The van der Waals surface area contributed by atoms with Gasteiger partial charge in [0.2, 0.25) is 0 Å². The van der Waals surface area contributed by atoms with Crippen LogP contribution in [0.5, 0.6) is 0 Å². The van der Waals surface area contributed by atoms with E-state index < -0.39 is 0 Å². The monoisotopic (exact) mass is 309 g/mol. The maximum absolute atomic E-state index is 3.81. The molecule has 0 aromatic heterocycles. The SMILES string of the molecule is [Br][Mg][Br].[CH2]CCCCC(C)CC. The van der Waals surface area contributed by atoms with Crippen molar-refractivity contribution >= 4 is 41.8 Å². The summed E-state index contributed by atoms with van der Waals surface area (Å²) in [5.74, 6) is 0.927. The molecular formula is C9H19Br2Mg. The van der Waals surface area contributed by atoms with Crippen molar-refractivity contribution < 1.29 is 0 Å². The Morgan fingerprint density at radius 1 is 1.33 bits per heavy atom. The van der Waals surface area contributed by atoms with Crippen LogP contribution in [0.2, 0.25) is 0 Å². The molecule has 12 heavy (non-hydrogen) atoms. The molecule has 0 bridgehead atoms. The van der Waals surface area contributed by atoms with E-state index in [2.05, 4.69) is 46.5 Å². The molecule has 1 radical (unpaired) electrons. The van der Waals surface area contributed by atoms with Crippen LogP contribution in [0, 0.1) is 12.8 Å². The second kappa shape index (κ2) is 15.2. The Labute approximate surface area is 99.7 Å². The molecule has 3 heteroatoms. The molecular weight excluding hydrogens is 292 g/mol. The van der Waals surface area contributed by atoms with Gasteiger partial charge in [0.25, 0.3) is 0 Å². The number of hydrogen-bond donors (Lipinski definition) is 0. The first-order valence-electron chi connectivity index (χ1n) is 4.64. The number of unbranched alkanes of at least 4 members (excludes halogenated alkanes) is 2. The highest BCUT2D eigenvalue weighted by molar-refractivity contribution is 9.47. The van der Waals surface area contributed by atoms with Crippen molar-refractivity contribution in [1.29, 1.82) is 0 Å². The van der Waals surface area contributed by atoms with Crippen molar-refractivity contribution in [3.8, 4) is 0 Å². The number of rotatable bonds is 5. The zero-order chi connectivity index (χ0) is 9.82. The average molecular weight is 311 g/mol. The van der Waals surface area contributed by atoms with Crippen molar-refractivity contribution in [3.63, 3.8) is 0 Å². The Morgan fingerprint density at radius 3 is 2.17 bits per heavy atom. The van der Waals surface area contributed by atoms with Crippen molar-refractivity contribution in [2.45, 2.75) is 46.0 Å². The molecule has 0 aliphatic rings. The largest absolute Gasteiger partial charge is 0.560 e. The first-order chi connectivity index (χ1) is 5.72. The van der Waals surface area contributed by atoms with Gasteiger partial charge in [-0.25, -0.2) is 0 Å². The molecule has 0 aromatic rings. The smallest absolute Gasteiger partial charge is 0.280 e. The third-order valence-electron chi connectivity index (χ3n) is 1.89. The number of halogens is 2. The maximum atomic E-state index is 3.81. The second-order valence-corrected chi connectivity index (χ2v) is 11.0. The summed E-state index contributed by atoms with van der Waals surface area (Å²) in [5, 5.41) is 0. The molecule has 0 nitrogen and oxygen atoms in total. The minimum atomic E-state index is 0.0417. The maximum Gasteiger partial charge on any atom is 0.560 e. The normalized spacial score (nSPS) is 11.1. The summed E-state index contributed by atoms with van der Waals surface area (Å²) in [5.41, 5.74) is 0. The molecule has 0 fully saturated rings. The topological polar surface area (TPSA) is 0 Å². The highest BCUT2D eigenvalue weighted by Gasteiger charge is 1.95. The molecule has 0 aromatic carbocycles. The van der Waals surface area contributed by atoms with Crippen LogP contribution < -0.4 is 0 Å². The summed E-state index contributed by atoms with van der Waals surface area (Å²) in [6.07, 6.45) is 6.52. The molecule has 0 heterocycles. The van der Waals surface area contributed by atoms with E-state index in [1.807, 2.05) is 0 Å². The van der Waals surface area contributed by atoms with Crippen molar-refractivity contribution in [2.24, 2.45) is 5.92 Å². The van der Waals surface area contributed by atoms with E-state index in [4.69, 9.17) is 0 Å². The van der Waals surface area contributed by atoms with Crippen LogP contribution in [0.15, 0.2) is 0 Å². The summed E-state index contributed by atoms with van der Waals surface area (Å²) in [6.45, 7) is 8.39. The molecule has 0 amide bonds. The Morgan fingerprint density at radius 2 is 1.83 bits per heavy atom. The van der Waals surface area contributed by atoms with Crippen molar-refractivity contribution in [3.05, 3.63) is 6.92 Å². The standard InChI is InChI=1S/C9H19.2BrH.Mg/c1-4-6-7-8-9(3)5-2;;;/h9H,1,4-8H2,2-3H3;2*1H;/q;;;+2/p-2. The fourth-order valence-corrected chi connectivity index (χ4v) is 0.874. The highest BCUT2D eigenvalue weighted by Crippen LogP contribution is 2.11. The van der Waals surface area contributed by atoms with E-state index in [9.17, 15) is 0 Å². The minimum absolute atomic E-state index is 0.0417. The first-order valence-corrected chi connectivity index (χ1v) is 12.4. The summed E-state index contributed by atoms with van der Waals surface area (Å²) in [4.78, 5) is 0. The predicted octanol–water partition coefficient (Wildman–Crippen LogP) is 4.74. The molecule has 0 aliphatic carbocycles. The fraction of sp³-hybridized carbons (Fsp3) is 0.889. The van der Waals surface area contributed by atoms with Gasteiger partial charge in [-0.1, -0.05) is 52.9 Å². The summed E-state index contributed by atoms with van der Waals surface area (Å²) in [6, 6.07) is 0.